The van der Waals surface area contributed by atoms with Crippen molar-refractivity contribution in [1.29, 1.82) is 0 Å². The Bertz CT molecular complexity index is 595. The highest BCUT2D eigenvalue weighted by atomic mass is 32.2. The van der Waals surface area contributed by atoms with Gasteiger partial charge in [0.1, 0.15) is 6.33 Å². The Labute approximate surface area is 125 Å². The monoisotopic (exact) mass is 315 g/mol. The highest BCUT2D eigenvalue weighted by Gasteiger charge is 2.13. The van der Waals surface area contributed by atoms with E-state index in [1.807, 2.05) is 0 Å². The van der Waals surface area contributed by atoms with Crippen LogP contribution in [0, 0.1) is 11.6 Å². The fourth-order valence-corrected chi connectivity index (χ4v) is 2.58. The normalized spacial score (nSPS) is 12.6. The first-order chi connectivity index (χ1) is 10.1. The van der Waals surface area contributed by atoms with E-state index in [-0.39, 0.29) is 5.75 Å². The SMILES string of the molecule is COCCn1cnnc1SCC(O)c1ccc(F)c(F)c1. The fourth-order valence-electron chi connectivity index (χ4n) is 1.67. The minimum absolute atomic E-state index is 0.261. The summed E-state index contributed by atoms with van der Waals surface area (Å²) in [5.41, 5.74) is 0.323. The second-order valence-electron chi connectivity index (χ2n) is 4.30. The van der Waals surface area contributed by atoms with Gasteiger partial charge in [0.25, 0.3) is 0 Å². The highest BCUT2D eigenvalue weighted by molar-refractivity contribution is 7.99. The number of halogens is 2. The van der Waals surface area contributed by atoms with Crippen molar-refractivity contribution in [3.05, 3.63) is 41.7 Å². The molecule has 0 aliphatic carbocycles. The Morgan fingerprint density at radius 3 is 2.90 bits per heavy atom. The molecule has 0 aliphatic rings. The minimum atomic E-state index is -0.972. The van der Waals surface area contributed by atoms with Gasteiger partial charge in [-0.25, -0.2) is 8.78 Å². The number of ether oxygens (including phenoxy) is 1. The Morgan fingerprint density at radius 2 is 2.19 bits per heavy atom. The van der Waals surface area contributed by atoms with Crippen LogP contribution in [-0.2, 0) is 11.3 Å². The number of hydrogen-bond acceptors (Lipinski definition) is 5. The molecule has 5 nitrogen and oxygen atoms in total. The van der Waals surface area contributed by atoms with Crippen LogP contribution in [0.15, 0.2) is 29.7 Å². The van der Waals surface area contributed by atoms with E-state index in [0.29, 0.717) is 23.9 Å². The van der Waals surface area contributed by atoms with Crippen LogP contribution in [0.1, 0.15) is 11.7 Å². The highest BCUT2D eigenvalue weighted by Crippen LogP contribution is 2.24. The van der Waals surface area contributed by atoms with E-state index in [0.717, 1.165) is 12.1 Å². The molecule has 114 valence electrons. The van der Waals surface area contributed by atoms with Crippen molar-refractivity contribution in [2.75, 3.05) is 19.5 Å². The predicted octanol–water partition coefficient (Wildman–Crippen LogP) is 2.03. The molecule has 0 saturated heterocycles. The molecule has 1 aromatic heterocycles. The third-order valence-corrected chi connectivity index (χ3v) is 3.87. The smallest absolute Gasteiger partial charge is 0.191 e. The van der Waals surface area contributed by atoms with Gasteiger partial charge in [0.15, 0.2) is 16.8 Å². The summed E-state index contributed by atoms with van der Waals surface area (Å²) >= 11 is 1.28. The topological polar surface area (TPSA) is 60.2 Å². The maximum absolute atomic E-state index is 13.1. The Kier molecular flexibility index (Phi) is 5.66. The lowest BCUT2D eigenvalue weighted by atomic mass is 10.1. The van der Waals surface area contributed by atoms with Crippen LogP contribution in [0.3, 0.4) is 0 Å². The summed E-state index contributed by atoms with van der Waals surface area (Å²) < 4.78 is 32.7. The lowest BCUT2D eigenvalue weighted by molar-refractivity contribution is 0.184. The zero-order valence-electron chi connectivity index (χ0n) is 11.4. The lowest BCUT2D eigenvalue weighted by Gasteiger charge is -2.11. The van der Waals surface area contributed by atoms with E-state index < -0.39 is 17.7 Å². The first-order valence-electron chi connectivity index (χ1n) is 6.24. The summed E-state index contributed by atoms with van der Waals surface area (Å²) in [6.07, 6.45) is 0.656. The summed E-state index contributed by atoms with van der Waals surface area (Å²) in [4.78, 5) is 0. The number of thioether (sulfide) groups is 1. The van der Waals surface area contributed by atoms with Crippen LogP contribution >= 0.6 is 11.8 Å². The van der Waals surface area contributed by atoms with Crippen molar-refractivity contribution in [2.45, 2.75) is 17.8 Å². The number of aliphatic hydroxyl groups excluding tert-OH is 1. The molecule has 0 saturated carbocycles. The van der Waals surface area contributed by atoms with E-state index >= 15 is 0 Å². The van der Waals surface area contributed by atoms with Crippen molar-refractivity contribution in [1.82, 2.24) is 14.8 Å². The fraction of sp³-hybridized carbons (Fsp3) is 0.385. The number of rotatable bonds is 7. The molecule has 0 aliphatic heterocycles. The van der Waals surface area contributed by atoms with Gasteiger partial charge in [-0.1, -0.05) is 17.8 Å². The van der Waals surface area contributed by atoms with Gasteiger partial charge in [0, 0.05) is 19.4 Å². The maximum atomic E-state index is 13.1. The van der Waals surface area contributed by atoms with E-state index in [9.17, 15) is 13.9 Å². The van der Waals surface area contributed by atoms with Gasteiger partial charge in [-0.2, -0.15) is 0 Å². The molecule has 0 spiro atoms. The number of methoxy groups -OCH3 is 1. The summed E-state index contributed by atoms with van der Waals surface area (Å²) in [5.74, 6) is -1.64. The zero-order chi connectivity index (χ0) is 15.2. The van der Waals surface area contributed by atoms with Crippen LogP contribution < -0.4 is 0 Å². The largest absolute Gasteiger partial charge is 0.388 e. The van der Waals surface area contributed by atoms with Gasteiger partial charge < -0.3 is 14.4 Å². The Balaban J connectivity index is 1.96. The molecule has 1 unspecified atom stereocenters. The van der Waals surface area contributed by atoms with Crippen LogP contribution in [0.5, 0.6) is 0 Å². The molecule has 0 amide bonds. The van der Waals surface area contributed by atoms with Crippen molar-refractivity contribution < 1.29 is 18.6 Å². The van der Waals surface area contributed by atoms with E-state index in [4.69, 9.17) is 4.74 Å². The summed E-state index contributed by atoms with van der Waals surface area (Å²) in [7, 11) is 1.60. The molecule has 21 heavy (non-hydrogen) atoms. The molecule has 8 heteroatoms. The second kappa shape index (κ2) is 7.48. The van der Waals surface area contributed by atoms with Crippen molar-refractivity contribution in [3.8, 4) is 0 Å². The standard InChI is InChI=1S/C13H15F2N3O2S/c1-20-5-4-18-8-16-17-13(18)21-7-12(19)9-2-3-10(14)11(15)6-9/h2-3,6,8,12,19H,4-5,7H2,1H3. The molecule has 1 aromatic carbocycles. The quantitative estimate of drug-likeness (QED) is 0.792. The van der Waals surface area contributed by atoms with Gasteiger partial charge in [-0.15, -0.1) is 10.2 Å². The summed E-state index contributed by atoms with van der Waals surface area (Å²) in [6.45, 7) is 1.13. The van der Waals surface area contributed by atoms with Gasteiger partial charge in [0.2, 0.25) is 0 Å². The minimum Gasteiger partial charge on any atom is -0.388 e. The van der Waals surface area contributed by atoms with Gasteiger partial charge in [0.05, 0.1) is 12.7 Å². The number of hydrogen-bond donors (Lipinski definition) is 1. The zero-order valence-corrected chi connectivity index (χ0v) is 12.2. The molecular weight excluding hydrogens is 300 g/mol. The Morgan fingerprint density at radius 1 is 1.38 bits per heavy atom. The first-order valence-corrected chi connectivity index (χ1v) is 7.23. The lowest BCUT2D eigenvalue weighted by Crippen LogP contribution is -2.06. The molecule has 2 aromatic rings. The van der Waals surface area contributed by atoms with Crippen molar-refractivity contribution >= 4 is 11.8 Å². The second-order valence-corrected chi connectivity index (χ2v) is 5.29. The van der Waals surface area contributed by atoms with Crippen LogP contribution in [0.25, 0.3) is 0 Å². The molecule has 2 rings (SSSR count). The number of benzene rings is 1. The molecule has 1 heterocycles. The molecule has 0 fully saturated rings. The summed E-state index contributed by atoms with van der Waals surface area (Å²) in [6, 6.07) is 3.36. The molecule has 0 radical (unpaired) electrons. The van der Waals surface area contributed by atoms with Crippen LogP contribution in [0.2, 0.25) is 0 Å². The van der Waals surface area contributed by atoms with E-state index in [1.165, 1.54) is 17.8 Å². The number of aromatic nitrogens is 3. The average molecular weight is 315 g/mol. The number of aliphatic hydroxyl groups is 1. The van der Waals surface area contributed by atoms with Gasteiger partial charge in [-0.3, -0.25) is 0 Å². The van der Waals surface area contributed by atoms with Crippen molar-refractivity contribution in [2.24, 2.45) is 0 Å². The third kappa shape index (κ3) is 4.23. The average Bonchev–Trinajstić information content (AvgIpc) is 2.92. The van der Waals surface area contributed by atoms with Crippen LogP contribution in [-0.4, -0.2) is 39.3 Å². The van der Waals surface area contributed by atoms with E-state index in [1.54, 1.807) is 18.0 Å². The Hall–Kier alpha value is -1.51. The third-order valence-electron chi connectivity index (χ3n) is 2.82. The summed E-state index contributed by atoms with van der Waals surface area (Å²) in [5, 5.41) is 18.4. The van der Waals surface area contributed by atoms with Crippen LogP contribution in [0.4, 0.5) is 8.78 Å². The number of nitrogens with zero attached hydrogens (tertiary/aromatic N) is 3. The first kappa shape index (κ1) is 15.9. The van der Waals surface area contributed by atoms with E-state index in [2.05, 4.69) is 10.2 Å². The van der Waals surface area contributed by atoms with Gasteiger partial charge >= 0.3 is 0 Å². The predicted molar refractivity (Wildman–Crippen MR) is 73.9 cm³/mol. The van der Waals surface area contributed by atoms with Gasteiger partial charge in [-0.05, 0) is 17.7 Å². The van der Waals surface area contributed by atoms with Crippen molar-refractivity contribution in [3.63, 3.8) is 0 Å². The molecule has 0 bridgehead atoms. The maximum Gasteiger partial charge on any atom is 0.191 e. The molecule has 1 N–H and O–H groups in total. The molecular formula is C13H15F2N3O2S. The molecule has 1 atom stereocenters.